The number of ether oxygens (including phenoxy) is 1. The van der Waals surface area contributed by atoms with Crippen molar-refractivity contribution in [3.63, 3.8) is 0 Å². The molecule has 0 unspecified atom stereocenters. The number of hydrogen-bond acceptors (Lipinski definition) is 6. The van der Waals surface area contributed by atoms with Gasteiger partial charge in [0.25, 0.3) is 0 Å². The van der Waals surface area contributed by atoms with Crippen LogP contribution < -0.4 is 4.74 Å². The lowest BCUT2D eigenvalue weighted by Gasteiger charge is -2.14. The van der Waals surface area contributed by atoms with E-state index in [9.17, 15) is 23.1 Å². The Morgan fingerprint density at radius 1 is 1.00 bits per heavy atom. The van der Waals surface area contributed by atoms with E-state index in [2.05, 4.69) is 0 Å². The normalized spacial score (nSPS) is 12.4. The fourth-order valence-corrected chi connectivity index (χ4v) is 3.61. The van der Waals surface area contributed by atoms with Gasteiger partial charge in [-0.05, 0) is 55.0 Å². The predicted molar refractivity (Wildman–Crippen MR) is 97.6 cm³/mol. The van der Waals surface area contributed by atoms with Crippen LogP contribution in [0.25, 0.3) is 0 Å². The molecule has 138 valence electrons. The van der Waals surface area contributed by atoms with Gasteiger partial charge in [0.15, 0.2) is 21.4 Å². The summed E-state index contributed by atoms with van der Waals surface area (Å²) in [6.45, 7) is 0. The summed E-state index contributed by atoms with van der Waals surface area (Å²) in [5, 5.41) is 7.96. The lowest BCUT2D eigenvalue weighted by molar-refractivity contribution is 0.0960. The Morgan fingerprint density at radius 2 is 1.54 bits per heavy atom. The largest absolute Gasteiger partial charge is 0.508 e. The molecule has 2 aromatic rings. The molecule has 2 rings (SSSR count). The van der Waals surface area contributed by atoms with Crippen LogP contribution in [0.2, 0.25) is 0 Å². The van der Waals surface area contributed by atoms with E-state index in [1.807, 2.05) is 0 Å². The van der Waals surface area contributed by atoms with E-state index in [-0.39, 0.29) is 29.9 Å². The zero-order valence-electron chi connectivity index (χ0n) is 14.5. The van der Waals surface area contributed by atoms with Crippen molar-refractivity contribution in [2.24, 2.45) is 0 Å². The van der Waals surface area contributed by atoms with E-state index in [0.29, 0.717) is 11.3 Å². The predicted octanol–water partition coefficient (Wildman–Crippen LogP) is 2.66. The van der Waals surface area contributed by atoms with Gasteiger partial charge in [-0.2, -0.15) is 0 Å². The summed E-state index contributed by atoms with van der Waals surface area (Å²) in [7, 11) is -2.19. The Balaban J connectivity index is 2.15. The Hall–Kier alpha value is -2.67. The third-order valence-electron chi connectivity index (χ3n) is 4.01. The van der Waals surface area contributed by atoms with Crippen molar-refractivity contribution in [1.29, 1.82) is 0 Å². The molecule has 0 aliphatic carbocycles. The van der Waals surface area contributed by atoms with Crippen LogP contribution in [0.3, 0.4) is 0 Å². The SMILES string of the molecule is COc1ccc(C(=O)[C@@H](CCC(=O)c2ccc(O)cc2)S(C)(=O)=O)cc1. The molecule has 0 radical (unpaired) electrons. The van der Waals surface area contributed by atoms with Crippen molar-refractivity contribution < 1.29 is 27.9 Å². The van der Waals surface area contributed by atoms with Crippen LogP contribution in [0, 0.1) is 0 Å². The van der Waals surface area contributed by atoms with Crippen LogP contribution in [-0.4, -0.2) is 43.7 Å². The van der Waals surface area contributed by atoms with E-state index in [1.54, 1.807) is 12.1 Å². The first-order chi connectivity index (χ1) is 12.2. The second kappa shape index (κ2) is 8.14. The van der Waals surface area contributed by atoms with Crippen molar-refractivity contribution in [2.45, 2.75) is 18.1 Å². The minimum absolute atomic E-state index is 0.0326. The number of phenolic OH excluding ortho intramolecular Hbond substituents is 1. The van der Waals surface area contributed by atoms with Crippen molar-refractivity contribution in [3.05, 3.63) is 59.7 Å². The number of ketones is 2. The molecule has 7 heteroatoms. The van der Waals surface area contributed by atoms with E-state index >= 15 is 0 Å². The standard InChI is InChI=1S/C19H20O6S/c1-25-16-9-5-14(6-10-16)19(22)18(26(2,23)24)12-11-17(21)13-3-7-15(20)8-4-13/h3-10,18,20H,11-12H2,1-2H3/t18-/m1/s1. The van der Waals surface area contributed by atoms with Gasteiger partial charge in [0.05, 0.1) is 7.11 Å². The maximum atomic E-state index is 12.6. The third-order valence-corrected chi connectivity index (χ3v) is 5.49. The van der Waals surface area contributed by atoms with Crippen LogP contribution in [0.4, 0.5) is 0 Å². The van der Waals surface area contributed by atoms with Crippen molar-refractivity contribution >= 4 is 21.4 Å². The van der Waals surface area contributed by atoms with Gasteiger partial charge >= 0.3 is 0 Å². The van der Waals surface area contributed by atoms with Gasteiger partial charge < -0.3 is 9.84 Å². The second-order valence-corrected chi connectivity index (χ2v) is 8.15. The summed E-state index contributed by atoms with van der Waals surface area (Å²) in [5.74, 6) is -0.250. The highest BCUT2D eigenvalue weighted by atomic mass is 32.2. The summed E-state index contributed by atoms with van der Waals surface area (Å²) in [6.07, 6.45) is 0.790. The molecule has 0 aliphatic rings. The lowest BCUT2D eigenvalue weighted by Crippen LogP contribution is -2.30. The Kier molecular flexibility index (Phi) is 6.15. The molecule has 0 fully saturated rings. The molecular formula is C19H20O6S. The van der Waals surface area contributed by atoms with Gasteiger partial charge in [-0.1, -0.05) is 0 Å². The quantitative estimate of drug-likeness (QED) is 0.711. The third kappa shape index (κ3) is 4.92. The Labute approximate surface area is 152 Å². The molecular weight excluding hydrogens is 356 g/mol. The fraction of sp³-hybridized carbons (Fsp3) is 0.263. The first-order valence-electron chi connectivity index (χ1n) is 7.91. The number of carbonyl (C=O) groups excluding carboxylic acids is 2. The number of rotatable bonds is 8. The molecule has 0 aromatic heterocycles. The Bertz CT molecular complexity index is 883. The van der Waals surface area contributed by atoms with Crippen LogP contribution in [-0.2, 0) is 9.84 Å². The highest BCUT2D eigenvalue weighted by Crippen LogP contribution is 2.20. The zero-order valence-corrected chi connectivity index (χ0v) is 15.3. The zero-order chi connectivity index (χ0) is 19.3. The summed E-state index contributed by atoms with van der Waals surface area (Å²) < 4.78 is 29.2. The highest BCUT2D eigenvalue weighted by Gasteiger charge is 2.30. The lowest BCUT2D eigenvalue weighted by atomic mass is 10.0. The van der Waals surface area contributed by atoms with Gasteiger partial charge in [-0.25, -0.2) is 8.42 Å². The molecule has 1 atom stereocenters. The molecule has 0 heterocycles. The molecule has 0 bridgehead atoms. The Morgan fingerprint density at radius 3 is 2.04 bits per heavy atom. The molecule has 0 amide bonds. The maximum Gasteiger partial charge on any atom is 0.180 e. The summed E-state index contributed by atoms with van der Waals surface area (Å²) in [4.78, 5) is 24.8. The van der Waals surface area contributed by atoms with E-state index in [0.717, 1.165) is 6.26 Å². The second-order valence-electron chi connectivity index (χ2n) is 5.92. The topological polar surface area (TPSA) is 97.7 Å². The first-order valence-corrected chi connectivity index (χ1v) is 9.87. The van der Waals surface area contributed by atoms with E-state index < -0.39 is 20.9 Å². The monoisotopic (exact) mass is 376 g/mol. The van der Waals surface area contributed by atoms with Gasteiger partial charge in [-0.3, -0.25) is 9.59 Å². The number of Topliss-reactive ketones (excluding diaryl/α,β-unsaturated/α-hetero) is 2. The summed E-state index contributed by atoms with van der Waals surface area (Å²) >= 11 is 0. The summed E-state index contributed by atoms with van der Waals surface area (Å²) in [6, 6.07) is 11.8. The van der Waals surface area contributed by atoms with Gasteiger partial charge in [0.1, 0.15) is 16.7 Å². The van der Waals surface area contributed by atoms with Crippen molar-refractivity contribution in [2.75, 3.05) is 13.4 Å². The number of benzene rings is 2. The van der Waals surface area contributed by atoms with Crippen molar-refractivity contribution in [3.8, 4) is 11.5 Å². The summed E-state index contributed by atoms with van der Waals surface area (Å²) in [5.41, 5.74) is 0.602. The molecule has 0 saturated heterocycles. The average molecular weight is 376 g/mol. The molecule has 2 aromatic carbocycles. The van der Waals surface area contributed by atoms with Crippen LogP contribution in [0.1, 0.15) is 33.6 Å². The number of phenols is 1. The highest BCUT2D eigenvalue weighted by molar-refractivity contribution is 7.92. The molecule has 0 saturated carbocycles. The van der Waals surface area contributed by atoms with Gasteiger partial charge in [0, 0.05) is 23.8 Å². The van der Waals surface area contributed by atoms with Crippen LogP contribution in [0.5, 0.6) is 11.5 Å². The van der Waals surface area contributed by atoms with E-state index in [4.69, 9.17) is 4.74 Å². The van der Waals surface area contributed by atoms with Crippen LogP contribution >= 0.6 is 0 Å². The smallest absolute Gasteiger partial charge is 0.180 e. The average Bonchev–Trinajstić information content (AvgIpc) is 2.61. The molecule has 26 heavy (non-hydrogen) atoms. The molecule has 0 spiro atoms. The molecule has 1 N–H and O–H groups in total. The molecule has 6 nitrogen and oxygen atoms in total. The van der Waals surface area contributed by atoms with Crippen molar-refractivity contribution in [1.82, 2.24) is 0 Å². The number of sulfone groups is 1. The van der Waals surface area contributed by atoms with E-state index in [1.165, 1.54) is 43.5 Å². The van der Waals surface area contributed by atoms with Crippen LogP contribution in [0.15, 0.2) is 48.5 Å². The fourth-order valence-electron chi connectivity index (χ4n) is 2.53. The molecule has 0 aliphatic heterocycles. The number of carbonyl (C=O) groups is 2. The minimum atomic E-state index is -3.69. The first kappa shape index (κ1) is 19.7. The maximum absolute atomic E-state index is 12.6. The van der Waals surface area contributed by atoms with Gasteiger partial charge in [0.2, 0.25) is 0 Å². The number of hydrogen-bond donors (Lipinski definition) is 1. The van der Waals surface area contributed by atoms with Gasteiger partial charge in [-0.15, -0.1) is 0 Å². The minimum Gasteiger partial charge on any atom is -0.508 e. The number of methoxy groups -OCH3 is 1. The number of aromatic hydroxyl groups is 1.